The molecule has 0 aliphatic carbocycles. The maximum absolute atomic E-state index is 13.1. The van der Waals surface area contributed by atoms with Gasteiger partial charge in [0.15, 0.2) is 6.04 Å². The second-order valence-corrected chi connectivity index (χ2v) is 7.02. The van der Waals surface area contributed by atoms with Crippen LogP contribution in [0.4, 0.5) is 11.4 Å². The Morgan fingerprint density at radius 3 is 2.28 bits per heavy atom. The average Bonchev–Trinajstić information content (AvgIpc) is 3.35. The first-order valence-electron chi connectivity index (χ1n) is 10.0. The van der Waals surface area contributed by atoms with Crippen LogP contribution in [0.5, 0.6) is 5.75 Å². The van der Waals surface area contributed by atoms with Gasteiger partial charge in [0, 0.05) is 23.6 Å². The van der Waals surface area contributed by atoms with Gasteiger partial charge in [-0.15, -0.1) is 0 Å². The van der Waals surface area contributed by atoms with Crippen LogP contribution in [0, 0.1) is 0 Å². The van der Waals surface area contributed by atoms with Crippen LogP contribution in [0.2, 0.25) is 0 Å². The molecule has 1 heterocycles. The Morgan fingerprint density at radius 1 is 0.875 bits per heavy atom. The summed E-state index contributed by atoms with van der Waals surface area (Å²) in [6.45, 7) is 0. The molecule has 1 atom stereocenters. The van der Waals surface area contributed by atoms with E-state index >= 15 is 0 Å². The maximum Gasteiger partial charge on any atom is 0.255 e. The number of aromatic nitrogens is 2. The third-order valence-electron chi connectivity index (χ3n) is 4.92. The summed E-state index contributed by atoms with van der Waals surface area (Å²) in [6, 6.07) is 24.5. The van der Waals surface area contributed by atoms with Gasteiger partial charge in [-0.25, -0.2) is 0 Å². The highest BCUT2D eigenvalue weighted by atomic mass is 16.5. The molecule has 4 rings (SSSR count). The molecular weight excluding hydrogens is 404 g/mol. The standard InChI is InChI=1S/C25H22N4O3/c1-32-22-11-6-5-10-21(22)28-24(30)19-12-14-20(15-13-19)27-25(31)23(29-17-7-16-26-29)18-8-3-2-4-9-18/h2-17,23H,1H3,(H,27,31)(H,28,30). The first kappa shape index (κ1) is 20.9. The van der Waals surface area contributed by atoms with E-state index in [1.54, 1.807) is 66.6 Å². The second-order valence-electron chi connectivity index (χ2n) is 7.02. The summed E-state index contributed by atoms with van der Waals surface area (Å²) < 4.78 is 6.88. The van der Waals surface area contributed by atoms with Gasteiger partial charge in [0.05, 0.1) is 12.8 Å². The van der Waals surface area contributed by atoms with Crippen molar-refractivity contribution < 1.29 is 14.3 Å². The monoisotopic (exact) mass is 426 g/mol. The summed E-state index contributed by atoms with van der Waals surface area (Å²) in [7, 11) is 1.55. The molecule has 7 nitrogen and oxygen atoms in total. The number of carbonyl (C=O) groups excluding carboxylic acids is 2. The van der Waals surface area contributed by atoms with Crippen molar-refractivity contribution in [3.8, 4) is 5.75 Å². The molecule has 3 aromatic carbocycles. The highest BCUT2D eigenvalue weighted by Gasteiger charge is 2.23. The van der Waals surface area contributed by atoms with Crippen molar-refractivity contribution in [1.82, 2.24) is 9.78 Å². The SMILES string of the molecule is COc1ccccc1NC(=O)c1ccc(NC(=O)C(c2ccccc2)n2cccn2)cc1. The molecule has 0 saturated carbocycles. The molecule has 2 amide bonds. The van der Waals surface area contributed by atoms with Crippen molar-refractivity contribution in [1.29, 1.82) is 0 Å². The molecule has 1 aromatic heterocycles. The van der Waals surface area contributed by atoms with Crippen LogP contribution in [0.15, 0.2) is 97.3 Å². The van der Waals surface area contributed by atoms with E-state index in [0.29, 0.717) is 22.7 Å². The summed E-state index contributed by atoms with van der Waals surface area (Å²) in [5.74, 6) is 0.0764. The first-order chi connectivity index (χ1) is 15.7. The zero-order valence-corrected chi connectivity index (χ0v) is 17.4. The largest absolute Gasteiger partial charge is 0.495 e. The summed E-state index contributed by atoms with van der Waals surface area (Å²) in [6.07, 6.45) is 3.39. The summed E-state index contributed by atoms with van der Waals surface area (Å²) in [5, 5.41) is 9.98. The minimum atomic E-state index is -0.611. The van der Waals surface area contributed by atoms with Crippen LogP contribution in [0.25, 0.3) is 0 Å². The number of methoxy groups -OCH3 is 1. The second kappa shape index (κ2) is 9.61. The van der Waals surface area contributed by atoms with E-state index in [1.807, 2.05) is 42.5 Å². The molecule has 0 radical (unpaired) electrons. The molecule has 0 bridgehead atoms. The Hall–Kier alpha value is -4.39. The van der Waals surface area contributed by atoms with Gasteiger partial charge < -0.3 is 15.4 Å². The third kappa shape index (κ3) is 4.67. The fourth-order valence-corrected chi connectivity index (χ4v) is 3.35. The van der Waals surface area contributed by atoms with Crippen LogP contribution in [-0.4, -0.2) is 28.7 Å². The molecule has 0 saturated heterocycles. The van der Waals surface area contributed by atoms with E-state index in [2.05, 4.69) is 15.7 Å². The Balaban J connectivity index is 1.48. The lowest BCUT2D eigenvalue weighted by molar-refractivity contribution is -0.118. The van der Waals surface area contributed by atoms with Crippen LogP contribution in [0.1, 0.15) is 22.0 Å². The Kier molecular flexibility index (Phi) is 6.27. The van der Waals surface area contributed by atoms with E-state index in [4.69, 9.17) is 4.74 Å². The lowest BCUT2D eigenvalue weighted by Crippen LogP contribution is -2.27. The zero-order valence-electron chi connectivity index (χ0n) is 17.4. The molecule has 0 aliphatic heterocycles. The van der Waals surface area contributed by atoms with Gasteiger partial charge in [0.2, 0.25) is 0 Å². The topological polar surface area (TPSA) is 85.3 Å². The van der Waals surface area contributed by atoms with Crippen molar-refractivity contribution in [3.63, 3.8) is 0 Å². The molecule has 0 spiro atoms. The number of ether oxygens (including phenoxy) is 1. The Morgan fingerprint density at radius 2 is 1.59 bits per heavy atom. The fourth-order valence-electron chi connectivity index (χ4n) is 3.35. The number of hydrogen-bond donors (Lipinski definition) is 2. The average molecular weight is 426 g/mol. The molecule has 0 fully saturated rings. The van der Waals surface area contributed by atoms with E-state index in [-0.39, 0.29) is 11.8 Å². The number of benzene rings is 3. The number of rotatable bonds is 7. The number of carbonyl (C=O) groups is 2. The van der Waals surface area contributed by atoms with E-state index < -0.39 is 6.04 Å². The number of hydrogen-bond acceptors (Lipinski definition) is 4. The number of anilines is 2. The quantitative estimate of drug-likeness (QED) is 0.460. The molecule has 1 unspecified atom stereocenters. The molecule has 0 aliphatic rings. The van der Waals surface area contributed by atoms with Crippen LogP contribution in [0.3, 0.4) is 0 Å². The minimum absolute atomic E-state index is 0.230. The predicted octanol–water partition coefficient (Wildman–Crippen LogP) is 4.37. The van der Waals surface area contributed by atoms with Crippen molar-refractivity contribution in [2.75, 3.05) is 17.7 Å². The van der Waals surface area contributed by atoms with E-state index in [0.717, 1.165) is 5.56 Å². The van der Waals surface area contributed by atoms with Crippen molar-refractivity contribution in [2.45, 2.75) is 6.04 Å². The predicted molar refractivity (Wildman–Crippen MR) is 123 cm³/mol. The van der Waals surface area contributed by atoms with Crippen LogP contribution in [-0.2, 0) is 4.79 Å². The molecule has 160 valence electrons. The summed E-state index contributed by atoms with van der Waals surface area (Å²) in [5.41, 5.74) is 2.45. The minimum Gasteiger partial charge on any atom is -0.495 e. The van der Waals surface area contributed by atoms with Gasteiger partial charge in [-0.05, 0) is 48.0 Å². The van der Waals surface area contributed by atoms with E-state index in [9.17, 15) is 9.59 Å². The van der Waals surface area contributed by atoms with Crippen molar-refractivity contribution in [2.24, 2.45) is 0 Å². The number of para-hydroxylation sites is 2. The third-order valence-corrected chi connectivity index (χ3v) is 4.92. The van der Waals surface area contributed by atoms with Crippen molar-refractivity contribution in [3.05, 3.63) is 108 Å². The molecule has 32 heavy (non-hydrogen) atoms. The van der Waals surface area contributed by atoms with Crippen LogP contribution < -0.4 is 15.4 Å². The molecule has 2 N–H and O–H groups in total. The van der Waals surface area contributed by atoms with Gasteiger partial charge in [0.1, 0.15) is 5.75 Å². The molecular formula is C25H22N4O3. The van der Waals surface area contributed by atoms with Gasteiger partial charge in [-0.1, -0.05) is 42.5 Å². The Bertz CT molecular complexity index is 1190. The highest BCUT2D eigenvalue weighted by Crippen LogP contribution is 2.24. The van der Waals surface area contributed by atoms with Gasteiger partial charge in [-0.3, -0.25) is 14.3 Å². The number of nitrogens with one attached hydrogen (secondary N) is 2. The van der Waals surface area contributed by atoms with Crippen molar-refractivity contribution >= 4 is 23.2 Å². The smallest absolute Gasteiger partial charge is 0.255 e. The summed E-state index contributed by atoms with van der Waals surface area (Å²) >= 11 is 0. The molecule has 7 heteroatoms. The van der Waals surface area contributed by atoms with Gasteiger partial charge in [-0.2, -0.15) is 5.10 Å². The lowest BCUT2D eigenvalue weighted by atomic mass is 10.1. The Labute approximate surface area is 185 Å². The summed E-state index contributed by atoms with van der Waals surface area (Å²) in [4.78, 5) is 25.7. The fraction of sp³-hybridized carbons (Fsp3) is 0.0800. The maximum atomic E-state index is 13.1. The lowest BCUT2D eigenvalue weighted by Gasteiger charge is -2.18. The van der Waals surface area contributed by atoms with Gasteiger partial charge in [0.25, 0.3) is 11.8 Å². The first-order valence-corrected chi connectivity index (χ1v) is 10.0. The number of nitrogens with zero attached hydrogens (tertiary/aromatic N) is 2. The normalized spacial score (nSPS) is 11.4. The van der Waals surface area contributed by atoms with E-state index in [1.165, 1.54) is 0 Å². The van der Waals surface area contributed by atoms with Crippen LogP contribution >= 0.6 is 0 Å². The molecule has 4 aromatic rings. The highest BCUT2D eigenvalue weighted by molar-refractivity contribution is 6.05. The van der Waals surface area contributed by atoms with Gasteiger partial charge >= 0.3 is 0 Å². The zero-order chi connectivity index (χ0) is 22.3. The number of amides is 2.